The topological polar surface area (TPSA) is 188 Å². The fourth-order valence-corrected chi connectivity index (χ4v) is 4.78. The number of para-hydroxylation sites is 1. The van der Waals surface area contributed by atoms with E-state index >= 15 is 0 Å². The van der Waals surface area contributed by atoms with E-state index in [0.717, 1.165) is 39.8 Å². The zero-order chi connectivity index (χ0) is 33.9. The number of rotatable bonds is 13. The molecular weight excluding hydrogens is 604 g/mol. The van der Waals surface area contributed by atoms with Gasteiger partial charge in [0.1, 0.15) is 24.2 Å². The number of aliphatic carboxylic acids is 2. The second-order valence-electron chi connectivity index (χ2n) is 11.0. The molecule has 0 saturated heterocycles. The summed E-state index contributed by atoms with van der Waals surface area (Å²) in [6.07, 6.45) is 1.80. The molecule has 12 nitrogen and oxygen atoms in total. The van der Waals surface area contributed by atoms with E-state index < -0.39 is 23.9 Å². The molecule has 0 bridgehead atoms. The predicted molar refractivity (Wildman–Crippen MR) is 178 cm³/mol. The number of aromatic amines is 1. The largest absolute Gasteiger partial charge is 0.490 e. The molecule has 0 radical (unpaired) electrons. The number of aromatic nitrogens is 2. The third-order valence-corrected chi connectivity index (χ3v) is 6.75. The fourth-order valence-electron chi connectivity index (χ4n) is 4.78. The third-order valence-electron chi connectivity index (χ3n) is 6.75. The van der Waals surface area contributed by atoms with E-state index in [-0.39, 0.29) is 6.61 Å². The van der Waals surface area contributed by atoms with Gasteiger partial charge in [-0.15, -0.1) is 0 Å². The van der Waals surface area contributed by atoms with Gasteiger partial charge in [-0.2, -0.15) is 0 Å². The monoisotopic (exact) mass is 640 g/mol. The van der Waals surface area contributed by atoms with Crippen molar-refractivity contribution in [2.24, 2.45) is 11.7 Å². The second kappa shape index (κ2) is 15.9. The summed E-state index contributed by atoms with van der Waals surface area (Å²) in [4.78, 5) is 40.0. The van der Waals surface area contributed by atoms with Gasteiger partial charge in [0, 0.05) is 59.5 Å². The van der Waals surface area contributed by atoms with Crippen LogP contribution in [-0.2, 0) is 9.59 Å². The zero-order valence-electron chi connectivity index (χ0n) is 25.9. The molecule has 12 heteroatoms. The van der Waals surface area contributed by atoms with Crippen LogP contribution in [0.25, 0.3) is 21.8 Å². The lowest BCUT2D eigenvalue weighted by Crippen LogP contribution is -2.37. The normalized spacial score (nSPS) is 11.7. The summed E-state index contributed by atoms with van der Waals surface area (Å²) in [5, 5.41) is 28.7. The van der Waals surface area contributed by atoms with Crippen molar-refractivity contribution in [2.45, 2.75) is 20.0 Å². The number of primary amides is 1. The van der Waals surface area contributed by atoms with Crippen LogP contribution < -0.4 is 20.1 Å². The summed E-state index contributed by atoms with van der Waals surface area (Å²) in [7, 11) is 0. The highest BCUT2D eigenvalue weighted by Crippen LogP contribution is 2.33. The van der Waals surface area contributed by atoms with E-state index in [9.17, 15) is 19.5 Å². The van der Waals surface area contributed by atoms with Crippen molar-refractivity contribution in [2.75, 3.05) is 24.6 Å². The number of benzene rings is 3. The molecule has 1 atom stereocenters. The minimum Gasteiger partial charge on any atom is -0.490 e. The number of pyridine rings is 1. The summed E-state index contributed by atoms with van der Waals surface area (Å²) in [5.41, 5.74) is 8.61. The first-order valence-electron chi connectivity index (χ1n) is 14.7. The van der Waals surface area contributed by atoms with Crippen molar-refractivity contribution in [1.82, 2.24) is 9.97 Å². The molecule has 3 aromatic carbocycles. The van der Waals surface area contributed by atoms with E-state index in [1.165, 1.54) is 6.20 Å². The number of H-pyrrole nitrogens is 1. The van der Waals surface area contributed by atoms with Gasteiger partial charge in [-0.25, -0.2) is 14.6 Å². The van der Waals surface area contributed by atoms with Crippen LogP contribution >= 0.6 is 0 Å². The first-order chi connectivity index (χ1) is 22.5. The zero-order valence-corrected chi connectivity index (χ0v) is 25.9. The summed E-state index contributed by atoms with van der Waals surface area (Å²) in [6.45, 7) is 5.64. The Morgan fingerprint density at radius 1 is 0.894 bits per heavy atom. The first-order valence-corrected chi connectivity index (χ1v) is 14.7. The van der Waals surface area contributed by atoms with Gasteiger partial charge >= 0.3 is 11.9 Å². The number of carboxylic acids is 2. The van der Waals surface area contributed by atoms with Gasteiger partial charge in [0.15, 0.2) is 0 Å². The molecule has 0 saturated carbocycles. The maximum atomic E-state index is 11.2. The molecular formula is C35H36N4O8. The predicted octanol–water partition coefficient (Wildman–Crippen LogP) is 5.22. The number of carboxylic acid groups (broad SMARTS) is 2. The number of aliphatic hydroxyl groups excluding tert-OH is 1. The van der Waals surface area contributed by atoms with Crippen molar-refractivity contribution in [3.63, 3.8) is 0 Å². The fraction of sp³-hybridized carbons (Fsp3) is 0.200. The lowest BCUT2D eigenvalue weighted by atomic mass is 10.1. The van der Waals surface area contributed by atoms with Crippen molar-refractivity contribution >= 4 is 45.3 Å². The molecule has 1 amide bonds. The van der Waals surface area contributed by atoms with E-state index in [2.05, 4.69) is 34.8 Å². The van der Waals surface area contributed by atoms with Crippen molar-refractivity contribution in [1.29, 1.82) is 0 Å². The molecule has 2 aromatic heterocycles. The van der Waals surface area contributed by atoms with Crippen LogP contribution in [0.5, 0.6) is 17.4 Å². The Morgan fingerprint density at radius 2 is 1.57 bits per heavy atom. The van der Waals surface area contributed by atoms with Crippen LogP contribution in [0.2, 0.25) is 0 Å². The van der Waals surface area contributed by atoms with Crippen LogP contribution in [0.1, 0.15) is 24.2 Å². The molecule has 5 aromatic rings. The highest BCUT2D eigenvalue weighted by molar-refractivity contribution is 6.10. The molecule has 2 heterocycles. The lowest BCUT2D eigenvalue weighted by Gasteiger charge is -2.29. The van der Waals surface area contributed by atoms with Gasteiger partial charge in [-0.1, -0.05) is 38.1 Å². The molecule has 0 unspecified atom stereocenters. The summed E-state index contributed by atoms with van der Waals surface area (Å²) >= 11 is 0. The SMILES string of the molecule is CC(C)CN(C[C@H](O)COc1cccc2[nH]c3ccccc3c12)c1ccc(Oc2ccc(C(N)=O)cn2)cc1.O=C(O)/C=C\C(=O)O. The Hall–Kier alpha value is -5.88. The van der Waals surface area contributed by atoms with Gasteiger partial charge in [0.25, 0.3) is 0 Å². The number of carbonyl (C=O) groups is 3. The lowest BCUT2D eigenvalue weighted by molar-refractivity contribution is -0.134. The minimum atomic E-state index is -1.26. The average Bonchev–Trinajstić information content (AvgIpc) is 3.43. The Morgan fingerprint density at radius 3 is 2.19 bits per heavy atom. The van der Waals surface area contributed by atoms with Crippen molar-refractivity contribution in [3.8, 4) is 17.4 Å². The van der Waals surface area contributed by atoms with Crippen LogP contribution in [-0.4, -0.2) is 68.9 Å². The van der Waals surface area contributed by atoms with Crippen LogP contribution in [0, 0.1) is 5.92 Å². The van der Waals surface area contributed by atoms with Crippen molar-refractivity contribution in [3.05, 3.63) is 103 Å². The maximum absolute atomic E-state index is 11.2. The number of carbonyl (C=O) groups excluding carboxylic acids is 1. The van der Waals surface area contributed by atoms with Gasteiger partial charge in [0.05, 0.1) is 11.1 Å². The van der Waals surface area contributed by atoms with E-state index in [1.54, 1.807) is 12.1 Å². The van der Waals surface area contributed by atoms with Crippen molar-refractivity contribution < 1.29 is 39.2 Å². The Balaban J connectivity index is 0.000000555. The molecule has 244 valence electrons. The molecule has 0 spiro atoms. The van der Waals surface area contributed by atoms with Crippen LogP contribution in [0.3, 0.4) is 0 Å². The van der Waals surface area contributed by atoms with E-state index in [1.807, 2.05) is 60.7 Å². The summed E-state index contributed by atoms with van der Waals surface area (Å²) in [5.74, 6) is -0.936. The number of fused-ring (bicyclic) bond motifs is 3. The van der Waals surface area contributed by atoms with Gasteiger partial charge in [-0.3, -0.25) is 4.79 Å². The number of aliphatic hydroxyl groups is 1. The van der Waals surface area contributed by atoms with Crippen LogP contribution in [0.4, 0.5) is 5.69 Å². The number of nitrogens with one attached hydrogen (secondary N) is 1. The molecule has 5 rings (SSSR count). The number of ether oxygens (including phenoxy) is 2. The smallest absolute Gasteiger partial charge is 0.328 e. The Bertz CT molecular complexity index is 1830. The maximum Gasteiger partial charge on any atom is 0.328 e. The Labute approximate surface area is 270 Å². The quantitative estimate of drug-likeness (QED) is 0.107. The van der Waals surface area contributed by atoms with Gasteiger partial charge < -0.3 is 40.4 Å². The first kappa shape index (κ1) is 34.0. The minimum absolute atomic E-state index is 0.168. The number of amides is 1. The summed E-state index contributed by atoms with van der Waals surface area (Å²) < 4.78 is 11.9. The standard InChI is InChI=1S/C31H32N4O4.C4H4O4/c1-20(2)17-35(22-11-13-24(14-12-22)39-29-15-10-21(16-33-29)31(32)37)18-23(36)19-38-28-9-5-8-27-30(28)25-6-3-4-7-26(25)34-27;5-3(6)1-2-4(7)8/h3-16,20,23,34,36H,17-19H2,1-2H3,(H2,32,37);1-2H,(H,5,6)(H,7,8)/b;2-1-/t23-;/m0./s1. The number of anilines is 1. The molecule has 47 heavy (non-hydrogen) atoms. The van der Waals surface area contributed by atoms with Gasteiger partial charge in [-0.05, 0) is 54.4 Å². The van der Waals surface area contributed by atoms with E-state index in [4.69, 9.17) is 25.4 Å². The average molecular weight is 641 g/mol. The van der Waals surface area contributed by atoms with E-state index in [0.29, 0.717) is 41.8 Å². The molecule has 0 aliphatic rings. The molecule has 0 aliphatic heterocycles. The molecule has 0 fully saturated rings. The Kier molecular flexibility index (Phi) is 11.5. The van der Waals surface area contributed by atoms with Gasteiger partial charge in [0.2, 0.25) is 11.8 Å². The van der Waals surface area contributed by atoms with Crippen LogP contribution in [0.15, 0.2) is 97.2 Å². The summed E-state index contributed by atoms with van der Waals surface area (Å²) in [6, 6.07) is 24.9. The third kappa shape index (κ3) is 9.80. The number of hydrogen-bond donors (Lipinski definition) is 5. The molecule has 6 N–H and O–H groups in total. The molecule has 0 aliphatic carbocycles. The number of nitrogens with two attached hydrogens (primary N) is 1. The highest BCUT2D eigenvalue weighted by Gasteiger charge is 2.17. The highest BCUT2D eigenvalue weighted by atomic mass is 16.5. The second-order valence-corrected chi connectivity index (χ2v) is 11.0. The number of hydrogen-bond acceptors (Lipinski definition) is 8. The number of nitrogens with zero attached hydrogens (tertiary/aromatic N) is 2.